The van der Waals surface area contributed by atoms with E-state index >= 15 is 0 Å². The maximum atomic E-state index is 12.8. The molecule has 0 spiro atoms. The normalized spacial score (nSPS) is 11.8. The second-order valence-electron chi connectivity index (χ2n) is 5.77. The molecule has 0 aliphatic carbocycles. The van der Waals surface area contributed by atoms with Gasteiger partial charge in [0.2, 0.25) is 10.0 Å². The number of rotatable bonds is 5. The van der Waals surface area contributed by atoms with Crippen molar-refractivity contribution in [3.63, 3.8) is 0 Å². The average Bonchev–Trinajstić information content (AvgIpc) is 2.62. The van der Waals surface area contributed by atoms with Gasteiger partial charge in [-0.2, -0.15) is 4.31 Å². The number of hydrogen-bond acceptors (Lipinski definition) is 5. The number of nitrogens with one attached hydrogen (secondary N) is 1. The molecule has 2 aromatic carbocycles. The van der Waals surface area contributed by atoms with Gasteiger partial charge in [0.15, 0.2) is 5.43 Å². The predicted molar refractivity (Wildman–Crippen MR) is 94.0 cm³/mol. The number of carbonyl (C=O) groups excluding carboxylic acids is 1. The topological polar surface area (TPSA) is 110 Å². The molecule has 0 fully saturated rings. The van der Waals surface area contributed by atoms with Gasteiger partial charge < -0.3 is 14.9 Å². The first kappa shape index (κ1) is 17.8. The van der Waals surface area contributed by atoms with E-state index in [9.17, 15) is 23.1 Å². The molecule has 8 heteroatoms. The fourth-order valence-corrected chi connectivity index (χ4v) is 3.80. The van der Waals surface area contributed by atoms with Gasteiger partial charge in [-0.05, 0) is 23.8 Å². The molecule has 1 N–H and O–H groups in total. The molecule has 0 aliphatic heterocycles. The summed E-state index contributed by atoms with van der Waals surface area (Å²) in [5.74, 6) is -1.62. The Kier molecular flexibility index (Phi) is 4.62. The molecule has 0 amide bonds. The number of aromatic nitrogens is 1. The van der Waals surface area contributed by atoms with Crippen LogP contribution in [0.4, 0.5) is 0 Å². The zero-order valence-corrected chi connectivity index (χ0v) is 14.6. The highest BCUT2D eigenvalue weighted by Gasteiger charge is 2.22. The number of aromatic carboxylic acids is 1. The van der Waals surface area contributed by atoms with Crippen molar-refractivity contribution in [1.29, 1.82) is 0 Å². The van der Waals surface area contributed by atoms with Crippen molar-refractivity contribution in [3.8, 4) is 0 Å². The molecule has 1 heterocycles. The molecule has 0 bridgehead atoms. The average molecular weight is 371 g/mol. The van der Waals surface area contributed by atoms with Gasteiger partial charge in [-0.3, -0.25) is 4.79 Å². The summed E-state index contributed by atoms with van der Waals surface area (Å²) >= 11 is 0. The largest absolute Gasteiger partial charge is 0.545 e. The van der Waals surface area contributed by atoms with Crippen LogP contribution >= 0.6 is 0 Å². The fraction of sp³-hybridized carbons (Fsp3) is 0.111. The SMILES string of the molecule is CN(Cc1ccccc1)S(=O)(=O)c1ccc2[nH]cc(C(=O)[O-])c(=O)c2c1. The van der Waals surface area contributed by atoms with Crippen molar-refractivity contribution in [1.82, 2.24) is 9.29 Å². The summed E-state index contributed by atoms with van der Waals surface area (Å²) in [6.07, 6.45) is 1.04. The molecule has 0 unspecified atom stereocenters. The Bertz CT molecular complexity index is 1140. The second-order valence-corrected chi connectivity index (χ2v) is 7.82. The van der Waals surface area contributed by atoms with Gasteiger partial charge in [-0.25, -0.2) is 8.42 Å². The number of aromatic amines is 1. The number of carbonyl (C=O) groups is 1. The van der Waals surface area contributed by atoms with Crippen LogP contribution in [0.2, 0.25) is 0 Å². The molecule has 0 radical (unpaired) electrons. The van der Waals surface area contributed by atoms with Crippen LogP contribution in [-0.4, -0.2) is 30.7 Å². The molecule has 1 aromatic heterocycles. The summed E-state index contributed by atoms with van der Waals surface area (Å²) in [5.41, 5.74) is -0.188. The number of carboxylic acid groups (broad SMARTS) is 1. The lowest BCUT2D eigenvalue weighted by Crippen LogP contribution is -2.29. The Morgan fingerprint density at radius 3 is 2.50 bits per heavy atom. The Hall–Kier alpha value is -2.97. The maximum Gasteiger partial charge on any atom is 0.243 e. The minimum absolute atomic E-state index is 0.0270. The number of nitrogens with zero attached hydrogens (tertiary/aromatic N) is 1. The number of carboxylic acids is 1. The zero-order valence-electron chi connectivity index (χ0n) is 13.8. The Morgan fingerprint density at radius 1 is 1.15 bits per heavy atom. The Morgan fingerprint density at radius 2 is 1.85 bits per heavy atom. The molecule has 3 rings (SSSR count). The summed E-state index contributed by atoms with van der Waals surface area (Å²) in [4.78, 5) is 25.8. The molecular weight excluding hydrogens is 356 g/mol. The van der Waals surface area contributed by atoms with Crippen LogP contribution in [0.5, 0.6) is 0 Å². The van der Waals surface area contributed by atoms with E-state index < -0.39 is 27.0 Å². The highest BCUT2D eigenvalue weighted by Crippen LogP contribution is 2.20. The van der Waals surface area contributed by atoms with Crippen LogP contribution in [0.3, 0.4) is 0 Å². The van der Waals surface area contributed by atoms with Crippen molar-refractivity contribution < 1.29 is 18.3 Å². The number of sulfonamides is 1. The third kappa shape index (κ3) is 3.24. The molecule has 134 valence electrons. The third-order valence-corrected chi connectivity index (χ3v) is 5.83. The summed E-state index contributed by atoms with van der Waals surface area (Å²) < 4.78 is 26.8. The molecule has 0 saturated heterocycles. The zero-order chi connectivity index (χ0) is 18.9. The first-order chi connectivity index (χ1) is 12.3. The second kappa shape index (κ2) is 6.74. The number of H-pyrrole nitrogens is 1. The minimum atomic E-state index is -3.86. The van der Waals surface area contributed by atoms with Gasteiger partial charge in [-0.1, -0.05) is 30.3 Å². The molecule has 0 saturated carbocycles. The monoisotopic (exact) mass is 371 g/mol. The summed E-state index contributed by atoms with van der Waals surface area (Å²) in [6.45, 7) is 0.163. The van der Waals surface area contributed by atoms with Crippen LogP contribution in [0, 0.1) is 0 Å². The molecular formula is C18H15N2O5S-. The van der Waals surface area contributed by atoms with E-state index in [0.717, 1.165) is 11.8 Å². The van der Waals surface area contributed by atoms with E-state index in [1.54, 1.807) is 0 Å². The van der Waals surface area contributed by atoms with E-state index in [4.69, 9.17) is 0 Å². The number of fused-ring (bicyclic) bond motifs is 1. The van der Waals surface area contributed by atoms with Gasteiger partial charge in [0.1, 0.15) is 0 Å². The molecule has 0 atom stereocenters. The van der Waals surface area contributed by atoms with E-state index in [2.05, 4.69) is 4.98 Å². The standard InChI is InChI=1S/C18H16N2O5S/c1-20(11-12-5-3-2-4-6-12)26(24,25)13-7-8-16-14(9-13)17(21)15(10-19-16)18(22)23/h2-10H,11H2,1H3,(H,19,21)(H,22,23)/p-1. The van der Waals surface area contributed by atoms with Crippen LogP contribution in [0.15, 0.2) is 64.4 Å². The van der Waals surface area contributed by atoms with Gasteiger partial charge in [0.25, 0.3) is 0 Å². The van der Waals surface area contributed by atoms with Gasteiger partial charge >= 0.3 is 0 Å². The first-order valence-corrected chi connectivity index (χ1v) is 9.12. The van der Waals surface area contributed by atoms with Crippen molar-refractivity contribution in [2.45, 2.75) is 11.4 Å². The molecule has 3 aromatic rings. The van der Waals surface area contributed by atoms with Crippen LogP contribution in [-0.2, 0) is 16.6 Å². The molecule has 7 nitrogen and oxygen atoms in total. The quantitative estimate of drug-likeness (QED) is 0.710. The van der Waals surface area contributed by atoms with E-state index in [0.29, 0.717) is 5.52 Å². The summed E-state index contributed by atoms with van der Waals surface area (Å²) in [5, 5.41) is 11.0. The Labute approximate surface area is 149 Å². The third-order valence-electron chi connectivity index (χ3n) is 4.03. The van der Waals surface area contributed by atoms with Crippen molar-refractivity contribution >= 4 is 26.9 Å². The lowest BCUT2D eigenvalue weighted by atomic mass is 10.1. The van der Waals surface area contributed by atoms with E-state index in [1.807, 2.05) is 30.3 Å². The predicted octanol–water partition coefficient (Wildman–Crippen LogP) is 0.712. The maximum absolute atomic E-state index is 12.8. The van der Waals surface area contributed by atoms with E-state index in [1.165, 1.54) is 29.6 Å². The number of benzene rings is 2. The first-order valence-electron chi connectivity index (χ1n) is 7.68. The lowest BCUT2D eigenvalue weighted by molar-refractivity contribution is -0.255. The summed E-state index contributed by atoms with van der Waals surface area (Å²) in [7, 11) is -2.42. The smallest absolute Gasteiger partial charge is 0.243 e. The minimum Gasteiger partial charge on any atom is -0.545 e. The van der Waals surface area contributed by atoms with Gasteiger partial charge in [0.05, 0.1) is 16.4 Å². The van der Waals surface area contributed by atoms with Gasteiger partial charge in [-0.15, -0.1) is 0 Å². The van der Waals surface area contributed by atoms with Crippen LogP contribution < -0.4 is 10.5 Å². The Balaban J connectivity index is 2.04. The molecule has 0 aliphatic rings. The van der Waals surface area contributed by atoms with Crippen LogP contribution in [0.25, 0.3) is 10.9 Å². The van der Waals surface area contributed by atoms with Crippen molar-refractivity contribution in [3.05, 3.63) is 76.1 Å². The summed E-state index contributed by atoms with van der Waals surface area (Å²) in [6, 6.07) is 13.1. The van der Waals surface area contributed by atoms with Gasteiger partial charge in [0, 0.05) is 30.7 Å². The molecule has 26 heavy (non-hydrogen) atoms. The van der Waals surface area contributed by atoms with Crippen LogP contribution in [0.1, 0.15) is 15.9 Å². The lowest BCUT2D eigenvalue weighted by Gasteiger charge is -2.17. The van der Waals surface area contributed by atoms with E-state index in [-0.39, 0.29) is 16.8 Å². The highest BCUT2D eigenvalue weighted by atomic mass is 32.2. The number of hydrogen-bond donors (Lipinski definition) is 1. The highest BCUT2D eigenvalue weighted by molar-refractivity contribution is 7.89. The fourth-order valence-electron chi connectivity index (χ4n) is 2.62. The van der Waals surface area contributed by atoms with Crippen molar-refractivity contribution in [2.75, 3.05) is 7.05 Å². The number of pyridine rings is 1. The van der Waals surface area contributed by atoms with Crippen molar-refractivity contribution in [2.24, 2.45) is 0 Å².